The SMILES string of the molecule is Nc1ccc(C(=O)c2cccc(OCCCC3CCNC3)c2)cc1N. The summed E-state index contributed by atoms with van der Waals surface area (Å²) in [5.41, 5.74) is 13.5. The lowest BCUT2D eigenvalue weighted by Gasteiger charge is -2.10. The second-order valence-corrected chi connectivity index (χ2v) is 6.55. The molecule has 5 heteroatoms. The van der Waals surface area contributed by atoms with E-state index in [1.807, 2.05) is 12.1 Å². The fraction of sp³-hybridized carbons (Fsp3) is 0.350. The normalized spacial score (nSPS) is 16.7. The Kier molecular flexibility index (Phi) is 5.56. The number of hydrogen-bond acceptors (Lipinski definition) is 5. The summed E-state index contributed by atoms with van der Waals surface area (Å²) < 4.78 is 5.82. The Hall–Kier alpha value is -2.53. The molecule has 0 spiro atoms. The van der Waals surface area contributed by atoms with Gasteiger partial charge in [-0.3, -0.25) is 4.79 Å². The van der Waals surface area contributed by atoms with E-state index in [1.165, 1.54) is 12.8 Å². The average molecular weight is 339 g/mol. The molecule has 0 radical (unpaired) electrons. The lowest BCUT2D eigenvalue weighted by Crippen LogP contribution is -2.10. The average Bonchev–Trinajstić information content (AvgIpc) is 3.14. The number of carbonyl (C=O) groups is 1. The minimum absolute atomic E-state index is 0.0887. The van der Waals surface area contributed by atoms with E-state index >= 15 is 0 Å². The highest BCUT2D eigenvalue weighted by Gasteiger charge is 2.14. The summed E-state index contributed by atoms with van der Waals surface area (Å²) in [5.74, 6) is 1.40. The third-order valence-corrected chi connectivity index (χ3v) is 4.63. The van der Waals surface area contributed by atoms with Crippen LogP contribution in [0.3, 0.4) is 0 Å². The van der Waals surface area contributed by atoms with Crippen LogP contribution in [0.25, 0.3) is 0 Å². The van der Waals surface area contributed by atoms with E-state index in [1.54, 1.807) is 30.3 Å². The summed E-state index contributed by atoms with van der Waals surface area (Å²) in [4.78, 5) is 12.6. The first-order valence-electron chi connectivity index (χ1n) is 8.77. The monoisotopic (exact) mass is 339 g/mol. The molecule has 0 bridgehead atoms. The van der Waals surface area contributed by atoms with Gasteiger partial charge in [0.2, 0.25) is 0 Å². The van der Waals surface area contributed by atoms with Gasteiger partial charge < -0.3 is 21.5 Å². The molecule has 0 aromatic heterocycles. The number of nitrogens with two attached hydrogens (primary N) is 2. The van der Waals surface area contributed by atoms with Gasteiger partial charge in [0.15, 0.2) is 5.78 Å². The molecule has 1 fully saturated rings. The van der Waals surface area contributed by atoms with Crippen LogP contribution in [-0.4, -0.2) is 25.5 Å². The Morgan fingerprint density at radius 2 is 1.96 bits per heavy atom. The van der Waals surface area contributed by atoms with Gasteiger partial charge in [-0.15, -0.1) is 0 Å². The van der Waals surface area contributed by atoms with Crippen molar-refractivity contribution in [3.8, 4) is 5.75 Å². The maximum Gasteiger partial charge on any atom is 0.193 e. The summed E-state index contributed by atoms with van der Waals surface area (Å²) in [7, 11) is 0. The zero-order valence-electron chi connectivity index (χ0n) is 14.3. The minimum atomic E-state index is -0.0887. The Morgan fingerprint density at radius 1 is 1.12 bits per heavy atom. The van der Waals surface area contributed by atoms with E-state index < -0.39 is 0 Å². The highest BCUT2D eigenvalue weighted by atomic mass is 16.5. The van der Waals surface area contributed by atoms with E-state index in [9.17, 15) is 4.79 Å². The molecule has 25 heavy (non-hydrogen) atoms. The number of ether oxygens (including phenoxy) is 1. The molecule has 1 aliphatic heterocycles. The third kappa shape index (κ3) is 4.51. The molecular formula is C20H25N3O2. The van der Waals surface area contributed by atoms with Crippen molar-refractivity contribution < 1.29 is 9.53 Å². The van der Waals surface area contributed by atoms with Gasteiger partial charge in [-0.2, -0.15) is 0 Å². The highest BCUT2D eigenvalue weighted by Crippen LogP contribution is 2.21. The van der Waals surface area contributed by atoms with Crippen LogP contribution >= 0.6 is 0 Å². The van der Waals surface area contributed by atoms with Gasteiger partial charge in [0.25, 0.3) is 0 Å². The van der Waals surface area contributed by atoms with Crippen LogP contribution in [0.1, 0.15) is 35.2 Å². The predicted molar refractivity (Wildman–Crippen MR) is 101 cm³/mol. The van der Waals surface area contributed by atoms with Crippen molar-refractivity contribution >= 4 is 17.2 Å². The number of nitrogens with one attached hydrogen (secondary N) is 1. The Morgan fingerprint density at radius 3 is 2.72 bits per heavy atom. The van der Waals surface area contributed by atoms with Gasteiger partial charge >= 0.3 is 0 Å². The van der Waals surface area contributed by atoms with E-state index in [2.05, 4.69) is 5.32 Å². The fourth-order valence-electron chi connectivity index (χ4n) is 3.13. The van der Waals surface area contributed by atoms with Gasteiger partial charge in [0, 0.05) is 11.1 Å². The van der Waals surface area contributed by atoms with Gasteiger partial charge in [0.1, 0.15) is 5.75 Å². The summed E-state index contributed by atoms with van der Waals surface area (Å²) in [5, 5.41) is 3.38. The minimum Gasteiger partial charge on any atom is -0.494 e. The molecular weight excluding hydrogens is 314 g/mol. The molecule has 0 saturated carbocycles. The van der Waals surface area contributed by atoms with E-state index in [-0.39, 0.29) is 5.78 Å². The van der Waals surface area contributed by atoms with Crippen molar-refractivity contribution in [2.24, 2.45) is 5.92 Å². The van der Waals surface area contributed by atoms with Gasteiger partial charge in [-0.25, -0.2) is 0 Å². The van der Waals surface area contributed by atoms with Crippen LogP contribution in [0.4, 0.5) is 11.4 Å². The highest BCUT2D eigenvalue weighted by molar-refractivity contribution is 6.10. The Labute approximate surface area is 148 Å². The summed E-state index contributed by atoms with van der Waals surface area (Å²) in [6.45, 7) is 2.92. The number of anilines is 2. The van der Waals surface area contributed by atoms with Crippen molar-refractivity contribution in [1.82, 2.24) is 5.32 Å². The third-order valence-electron chi connectivity index (χ3n) is 4.63. The van der Waals surface area contributed by atoms with Crippen LogP contribution in [0.15, 0.2) is 42.5 Å². The number of ketones is 1. The van der Waals surface area contributed by atoms with Crippen LogP contribution in [0.5, 0.6) is 5.75 Å². The molecule has 1 saturated heterocycles. The number of hydrogen-bond donors (Lipinski definition) is 3. The lowest BCUT2D eigenvalue weighted by atomic mass is 10.0. The Bertz CT molecular complexity index is 739. The number of benzene rings is 2. The predicted octanol–water partition coefficient (Wildman–Crippen LogP) is 2.85. The lowest BCUT2D eigenvalue weighted by molar-refractivity contribution is 0.103. The van der Waals surface area contributed by atoms with Crippen LogP contribution < -0.4 is 21.5 Å². The van der Waals surface area contributed by atoms with Crippen LogP contribution in [0, 0.1) is 5.92 Å². The smallest absolute Gasteiger partial charge is 0.193 e. The molecule has 1 aliphatic rings. The van der Waals surface area contributed by atoms with Crippen molar-refractivity contribution in [3.05, 3.63) is 53.6 Å². The molecule has 1 unspecified atom stereocenters. The second kappa shape index (κ2) is 8.03. The molecule has 0 amide bonds. The maximum atomic E-state index is 12.6. The van der Waals surface area contributed by atoms with Gasteiger partial charge in [-0.1, -0.05) is 12.1 Å². The molecule has 3 rings (SSSR count). The molecule has 132 valence electrons. The van der Waals surface area contributed by atoms with E-state index in [0.717, 1.165) is 31.2 Å². The standard InChI is InChI=1S/C20H25N3O2/c21-18-7-6-16(12-19(18)22)20(24)15-4-1-5-17(11-15)25-10-2-3-14-8-9-23-13-14/h1,4-7,11-12,14,23H,2-3,8-10,13,21-22H2. The molecule has 1 heterocycles. The van der Waals surface area contributed by atoms with Gasteiger partial charge in [-0.05, 0) is 68.6 Å². The first-order chi connectivity index (χ1) is 12.1. The van der Waals surface area contributed by atoms with Crippen LogP contribution in [0.2, 0.25) is 0 Å². The molecule has 2 aromatic carbocycles. The fourth-order valence-corrected chi connectivity index (χ4v) is 3.13. The second-order valence-electron chi connectivity index (χ2n) is 6.55. The van der Waals surface area contributed by atoms with E-state index in [0.29, 0.717) is 29.1 Å². The largest absolute Gasteiger partial charge is 0.494 e. The molecule has 1 atom stereocenters. The van der Waals surface area contributed by atoms with Crippen LogP contribution in [-0.2, 0) is 0 Å². The Balaban J connectivity index is 1.58. The molecule has 2 aromatic rings. The quantitative estimate of drug-likeness (QED) is 0.410. The van der Waals surface area contributed by atoms with Crippen molar-refractivity contribution in [3.63, 3.8) is 0 Å². The molecule has 0 aliphatic carbocycles. The first kappa shape index (κ1) is 17.3. The summed E-state index contributed by atoms with van der Waals surface area (Å²) >= 11 is 0. The van der Waals surface area contributed by atoms with Crippen molar-refractivity contribution in [1.29, 1.82) is 0 Å². The number of carbonyl (C=O) groups excluding carboxylic acids is 1. The number of nitrogen functional groups attached to an aromatic ring is 2. The molecule has 5 nitrogen and oxygen atoms in total. The molecule has 5 N–H and O–H groups in total. The summed E-state index contributed by atoms with van der Waals surface area (Å²) in [6.07, 6.45) is 3.46. The van der Waals surface area contributed by atoms with Crippen molar-refractivity contribution in [2.45, 2.75) is 19.3 Å². The first-order valence-corrected chi connectivity index (χ1v) is 8.77. The van der Waals surface area contributed by atoms with Crippen molar-refractivity contribution in [2.75, 3.05) is 31.2 Å². The summed E-state index contributed by atoms with van der Waals surface area (Å²) in [6, 6.07) is 12.2. The topological polar surface area (TPSA) is 90.4 Å². The number of rotatable bonds is 7. The zero-order valence-corrected chi connectivity index (χ0v) is 14.3. The van der Waals surface area contributed by atoms with E-state index in [4.69, 9.17) is 16.2 Å². The van der Waals surface area contributed by atoms with Gasteiger partial charge in [0.05, 0.1) is 18.0 Å². The maximum absolute atomic E-state index is 12.6. The zero-order chi connectivity index (χ0) is 17.6.